The average molecular weight is 575 g/mol. The lowest BCUT2D eigenvalue weighted by molar-refractivity contribution is -0.139. The van der Waals surface area contributed by atoms with Crippen LogP contribution in [0, 0.1) is 17.7 Å². The molecule has 0 bridgehead atoms. The second kappa shape index (κ2) is 11.9. The normalized spacial score (nSPS) is 16.3. The largest absolute Gasteiger partial charge is 0.350 e. The van der Waals surface area contributed by atoms with Crippen molar-refractivity contribution in [2.45, 2.75) is 38.6 Å². The van der Waals surface area contributed by atoms with E-state index >= 15 is 0 Å². The van der Waals surface area contributed by atoms with Crippen molar-refractivity contribution in [1.29, 1.82) is 0 Å². The van der Waals surface area contributed by atoms with Crippen LogP contribution in [0.5, 0.6) is 0 Å². The Kier molecular flexibility index (Phi) is 8.13. The standard InChI is InChI=1S/C31H25ClF2N4O3/c1-19(39)25-17-37(27-11-9-20(13-24(25)27)8-10-23-6-2-3-12-35-23)18-29(40)38-16-22(33)14-28(38)31(41)36-15-21-5-4-7-26(32)30(21)34/h2-7,9,11-13,17,22,28H,14-16,18H2,1H3,(H,36,41)/t22-,28+/m1/s1. The zero-order valence-electron chi connectivity index (χ0n) is 22.0. The lowest BCUT2D eigenvalue weighted by Crippen LogP contribution is -2.46. The fourth-order valence-electron chi connectivity index (χ4n) is 4.89. The highest BCUT2D eigenvalue weighted by Crippen LogP contribution is 2.26. The molecule has 2 aromatic carbocycles. The summed E-state index contributed by atoms with van der Waals surface area (Å²) < 4.78 is 30.3. The first-order chi connectivity index (χ1) is 19.7. The number of carbonyl (C=O) groups is 3. The van der Waals surface area contributed by atoms with E-state index in [-0.39, 0.29) is 42.4 Å². The second-order valence-electron chi connectivity index (χ2n) is 9.75. The molecule has 1 aliphatic heterocycles. The van der Waals surface area contributed by atoms with Gasteiger partial charge in [-0.25, -0.2) is 13.8 Å². The van der Waals surface area contributed by atoms with Crippen LogP contribution in [-0.2, 0) is 22.7 Å². The van der Waals surface area contributed by atoms with Crippen molar-refractivity contribution in [3.8, 4) is 11.8 Å². The topological polar surface area (TPSA) is 84.3 Å². The molecule has 2 atom stereocenters. The molecule has 5 rings (SSSR count). The van der Waals surface area contributed by atoms with Crippen molar-refractivity contribution in [2.75, 3.05) is 6.54 Å². The van der Waals surface area contributed by atoms with E-state index in [4.69, 9.17) is 11.6 Å². The number of benzene rings is 2. The maximum Gasteiger partial charge on any atom is 0.243 e. The minimum Gasteiger partial charge on any atom is -0.350 e. The molecule has 0 radical (unpaired) electrons. The molecular weight excluding hydrogens is 550 g/mol. The smallest absolute Gasteiger partial charge is 0.243 e. The first kappa shape index (κ1) is 28.0. The van der Waals surface area contributed by atoms with Crippen LogP contribution in [0.2, 0.25) is 5.02 Å². The number of likely N-dealkylation sites (tertiary alicyclic amines) is 1. The molecule has 0 aliphatic carbocycles. The molecule has 0 spiro atoms. The average Bonchev–Trinajstić information content (AvgIpc) is 3.53. The van der Waals surface area contributed by atoms with Gasteiger partial charge in [0.05, 0.1) is 11.6 Å². The van der Waals surface area contributed by atoms with Crippen LogP contribution in [0.1, 0.15) is 40.5 Å². The van der Waals surface area contributed by atoms with Gasteiger partial charge < -0.3 is 14.8 Å². The van der Waals surface area contributed by atoms with Crippen LogP contribution in [0.4, 0.5) is 8.78 Å². The molecule has 7 nitrogen and oxygen atoms in total. The molecule has 41 heavy (non-hydrogen) atoms. The number of amides is 2. The first-order valence-electron chi connectivity index (χ1n) is 12.9. The van der Waals surface area contributed by atoms with Gasteiger partial charge in [-0.15, -0.1) is 0 Å². The number of carbonyl (C=O) groups excluding carboxylic acids is 3. The third kappa shape index (κ3) is 6.13. The Morgan fingerprint density at radius 2 is 1.95 bits per heavy atom. The molecular formula is C31H25ClF2N4O3. The van der Waals surface area contributed by atoms with Gasteiger partial charge in [0.2, 0.25) is 11.8 Å². The number of Topliss-reactive ketones (excluding diaryl/α,β-unsaturated/α-hetero) is 1. The number of halogens is 3. The SMILES string of the molecule is CC(=O)c1cn(CC(=O)N2C[C@H](F)C[C@H]2C(=O)NCc2cccc(Cl)c2F)c2ccc(C#Cc3ccccn3)cc12. The summed E-state index contributed by atoms with van der Waals surface area (Å²) in [5.74, 6) is 4.12. The number of hydrogen-bond acceptors (Lipinski definition) is 4. The van der Waals surface area contributed by atoms with Crippen LogP contribution >= 0.6 is 11.6 Å². The van der Waals surface area contributed by atoms with Gasteiger partial charge in [-0.3, -0.25) is 14.4 Å². The number of pyridine rings is 1. The number of fused-ring (bicyclic) bond motifs is 1. The van der Waals surface area contributed by atoms with Gasteiger partial charge >= 0.3 is 0 Å². The van der Waals surface area contributed by atoms with Crippen molar-refractivity contribution < 1.29 is 23.2 Å². The Labute approximate surface area is 240 Å². The zero-order valence-corrected chi connectivity index (χ0v) is 22.8. The molecule has 1 saturated heterocycles. The molecule has 3 heterocycles. The summed E-state index contributed by atoms with van der Waals surface area (Å²) in [5.41, 5.74) is 2.49. The summed E-state index contributed by atoms with van der Waals surface area (Å²) in [6.07, 6.45) is 1.68. The third-order valence-corrected chi connectivity index (χ3v) is 7.22. The lowest BCUT2D eigenvalue weighted by atomic mass is 10.1. The van der Waals surface area contributed by atoms with Crippen LogP contribution in [0.3, 0.4) is 0 Å². The van der Waals surface area contributed by atoms with Crippen molar-refractivity contribution >= 4 is 40.1 Å². The molecule has 2 aromatic heterocycles. The summed E-state index contributed by atoms with van der Waals surface area (Å²) in [5, 5.41) is 3.14. The first-order valence-corrected chi connectivity index (χ1v) is 13.3. The maximum atomic E-state index is 14.4. The minimum atomic E-state index is -1.38. The van der Waals surface area contributed by atoms with Crippen LogP contribution in [0.15, 0.2) is 67.0 Å². The molecule has 208 valence electrons. The van der Waals surface area contributed by atoms with E-state index in [1.165, 1.54) is 24.0 Å². The Bertz CT molecular complexity index is 1710. The highest BCUT2D eigenvalue weighted by molar-refractivity contribution is 6.30. The van der Waals surface area contributed by atoms with Crippen molar-refractivity contribution in [3.63, 3.8) is 0 Å². The molecule has 1 aliphatic rings. The summed E-state index contributed by atoms with van der Waals surface area (Å²) in [4.78, 5) is 44.1. The van der Waals surface area contributed by atoms with E-state index in [0.717, 1.165) is 0 Å². The van der Waals surface area contributed by atoms with E-state index < -0.39 is 29.8 Å². The number of ketones is 1. The zero-order chi connectivity index (χ0) is 29.1. The van der Waals surface area contributed by atoms with E-state index in [1.54, 1.807) is 53.4 Å². The van der Waals surface area contributed by atoms with Crippen molar-refractivity contribution in [1.82, 2.24) is 19.8 Å². The van der Waals surface area contributed by atoms with E-state index in [2.05, 4.69) is 22.1 Å². The quantitative estimate of drug-likeness (QED) is 0.268. The number of aromatic nitrogens is 2. The molecule has 1 fully saturated rings. The molecule has 0 saturated carbocycles. The number of rotatable bonds is 6. The van der Waals surface area contributed by atoms with Crippen LogP contribution in [0.25, 0.3) is 10.9 Å². The molecule has 10 heteroatoms. The fraction of sp³-hybridized carbons (Fsp3) is 0.226. The van der Waals surface area contributed by atoms with Crippen LogP contribution in [-0.4, -0.2) is 50.8 Å². The number of alkyl halides is 1. The summed E-state index contributed by atoms with van der Waals surface area (Å²) in [6.45, 7) is 0.831. The van der Waals surface area contributed by atoms with E-state index in [9.17, 15) is 23.2 Å². The van der Waals surface area contributed by atoms with Gasteiger partial charge in [0, 0.05) is 53.0 Å². The molecule has 2 amide bonds. The number of nitrogens with one attached hydrogen (secondary N) is 1. The second-order valence-corrected chi connectivity index (χ2v) is 10.2. The summed E-state index contributed by atoms with van der Waals surface area (Å²) in [6, 6.07) is 14.1. The van der Waals surface area contributed by atoms with Crippen LogP contribution < -0.4 is 5.32 Å². The van der Waals surface area contributed by atoms with Gasteiger partial charge in [0.25, 0.3) is 0 Å². The monoisotopic (exact) mass is 574 g/mol. The molecule has 4 aromatic rings. The van der Waals surface area contributed by atoms with E-state index in [1.807, 2.05) is 6.07 Å². The molecule has 1 N–H and O–H groups in total. The maximum absolute atomic E-state index is 14.4. The number of nitrogens with zero attached hydrogens (tertiary/aromatic N) is 3. The predicted octanol–water partition coefficient (Wildman–Crippen LogP) is 4.69. The van der Waals surface area contributed by atoms with Gasteiger partial charge in [-0.1, -0.05) is 35.7 Å². The molecule has 0 unspecified atom stereocenters. The predicted molar refractivity (Wildman–Crippen MR) is 150 cm³/mol. The highest BCUT2D eigenvalue weighted by atomic mass is 35.5. The Balaban J connectivity index is 1.35. The van der Waals surface area contributed by atoms with Gasteiger partial charge in [0.15, 0.2) is 5.78 Å². The van der Waals surface area contributed by atoms with Gasteiger partial charge in [-0.2, -0.15) is 0 Å². The lowest BCUT2D eigenvalue weighted by Gasteiger charge is -2.24. The number of hydrogen-bond donors (Lipinski definition) is 1. The summed E-state index contributed by atoms with van der Waals surface area (Å²) >= 11 is 5.81. The fourth-order valence-corrected chi connectivity index (χ4v) is 5.08. The minimum absolute atomic E-state index is 0.0745. The Morgan fingerprint density at radius 3 is 2.71 bits per heavy atom. The highest BCUT2D eigenvalue weighted by Gasteiger charge is 2.39. The van der Waals surface area contributed by atoms with E-state index in [0.29, 0.717) is 27.7 Å². The Morgan fingerprint density at radius 1 is 1.12 bits per heavy atom. The van der Waals surface area contributed by atoms with Gasteiger partial charge in [-0.05, 0) is 49.2 Å². The van der Waals surface area contributed by atoms with Crippen molar-refractivity contribution in [2.24, 2.45) is 0 Å². The summed E-state index contributed by atoms with van der Waals surface area (Å²) in [7, 11) is 0. The van der Waals surface area contributed by atoms with Gasteiger partial charge in [0.1, 0.15) is 30.3 Å². The van der Waals surface area contributed by atoms with Crippen molar-refractivity contribution in [3.05, 3.63) is 100 Å². The third-order valence-electron chi connectivity index (χ3n) is 6.92. The Hall–Kier alpha value is -4.55.